The monoisotopic (exact) mass is 845 g/mol. The largest absolute Gasteiger partial charge is 0.344 e. The predicted molar refractivity (Wildman–Crippen MR) is 108 cm³/mol. The molecule has 19 heavy (non-hydrogen) atoms. The smallest absolute Gasteiger partial charge is 0.233 e. The van der Waals surface area contributed by atoms with Crippen LogP contribution in [0.5, 0.6) is 0 Å². The van der Waals surface area contributed by atoms with E-state index < -0.39 is 24.1 Å². The fraction of sp³-hybridized carbons (Fsp3) is 0.714. The average Bonchev–Trinajstić information content (AvgIpc) is 2.12. The molecule has 0 radical (unpaired) electrons. The molecular formula is C7H3Br9O3. The number of carbonyl (C=O) groups excluding carboxylic acids is 2. The van der Waals surface area contributed by atoms with Crippen molar-refractivity contribution >= 4 is 155 Å². The van der Waals surface area contributed by atoms with Gasteiger partial charge in [-0.2, -0.15) is 0 Å². The molecule has 112 valence electrons. The van der Waals surface area contributed by atoms with Crippen molar-refractivity contribution in [1.82, 2.24) is 0 Å². The first-order chi connectivity index (χ1) is 8.16. The van der Waals surface area contributed by atoms with E-state index >= 15 is 0 Å². The van der Waals surface area contributed by atoms with Crippen molar-refractivity contribution in [1.29, 1.82) is 0 Å². The van der Waals surface area contributed by atoms with Crippen LogP contribution in [-0.2, 0) is 14.3 Å². The lowest BCUT2D eigenvalue weighted by atomic mass is 10.0. The summed E-state index contributed by atoms with van der Waals surface area (Å²) in [7, 11) is 0. The number of halogens is 9. The number of ether oxygens (including phenoxy) is 1. The lowest BCUT2D eigenvalue weighted by Gasteiger charge is -2.25. The first-order valence-electron chi connectivity index (χ1n) is 4.09. The van der Waals surface area contributed by atoms with Gasteiger partial charge in [-0.15, -0.1) is 0 Å². The molecule has 0 saturated heterocycles. The Morgan fingerprint density at radius 1 is 0.789 bits per heavy atom. The Morgan fingerprint density at radius 3 is 1.32 bits per heavy atom. The highest BCUT2D eigenvalue weighted by atomic mass is 80.0. The van der Waals surface area contributed by atoms with Crippen molar-refractivity contribution < 1.29 is 14.3 Å². The molecule has 0 aromatic rings. The molecule has 0 unspecified atom stereocenters. The third-order valence-electron chi connectivity index (χ3n) is 1.61. The lowest BCUT2D eigenvalue weighted by molar-refractivity contribution is -0.133. The van der Waals surface area contributed by atoms with Gasteiger partial charge in [0.2, 0.25) is 2.33 Å². The number of Topliss-reactive ketones (excluding diaryl/α,β-unsaturated/α-hetero) is 2. The van der Waals surface area contributed by atoms with Gasteiger partial charge in [0.1, 0.15) is 5.92 Å². The van der Waals surface area contributed by atoms with Gasteiger partial charge in [0.15, 0.2) is 15.9 Å². The topological polar surface area (TPSA) is 43.4 Å². The maximum Gasteiger partial charge on any atom is 0.233 e. The van der Waals surface area contributed by atoms with Crippen LogP contribution in [0.4, 0.5) is 0 Å². The molecule has 0 aliphatic carbocycles. The molecule has 0 aliphatic rings. The van der Waals surface area contributed by atoms with Gasteiger partial charge >= 0.3 is 0 Å². The minimum Gasteiger partial charge on any atom is -0.344 e. The van der Waals surface area contributed by atoms with Crippen molar-refractivity contribution in [2.75, 3.05) is 6.61 Å². The van der Waals surface area contributed by atoms with Crippen LogP contribution in [0, 0.1) is 5.92 Å². The second-order valence-corrected chi connectivity index (χ2v) is 23.1. The molecule has 0 rings (SSSR count). The van der Waals surface area contributed by atoms with E-state index in [1.165, 1.54) is 0 Å². The minimum atomic E-state index is -1.21. The molecule has 0 atom stereocenters. The van der Waals surface area contributed by atoms with E-state index in [-0.39, 0.29) is 6.61 Å². The Labute approximate surface area is 185 Å². The summed E-state index contributed by atoms with van der Waals surface area (Å²) in [5.41, 5.74) is 0. The van der Waals surface area contributed by atoms with Gasteiger partial charge in [-0.25, -0.2) is 0 Å². The van der Waals surface area contributed by atoms with Gasteiger partial charge in [0.05, 0.1) is 6.61 Å². The summed E-state index contributed by atoms with van der Waals surface area (Å²) in [5.74, 6) is -1.95. The number of alkyl halides is 9. The van der Waals surface area contributed by atoms with Gasteiger partial charge < -0.3 is 4.74 Å². The number of hydrogen-bond acceptors (Lipinski definition) is 3. The minimum absolute atomic E-state index is 0.158. The van der Waals surface area contributed by atoms with Crippen LogP contribution in [0.3, 0.4) is 0 Å². The Hall–Kier alpha value is 3.62. The van der Waals surface area contributed by atoms with Crippen LogP contribution < -0.4 is 0 Å². The molecule has 0 fully saturated rings. The molecule has 0 aromatic carbocycles. The second kappa shape index (κ2) is 8.64. The zero-order chi connectivity index (χ0) is 15.6. The normalized spacial score (nSPS) is 13.8. The first kappa shape index (κ1) is 22.6. The number of rotatable bonds is 4. The maximum atomic E-state index is 12.2. The highest BCUT2D eigenvalue weighted by molar-refractivity contribution is 9.40. The van der Waals surface area contributed by atoms with E-state index in [1.54, 1.807) is 0 Å². The first-order valence-corrected chi connectivity index (χ1v) is 11.2. The molecule has 0 spiro atoms. The van der Waals surface area contributed by atoms with E-state index in [0.717, 1.165) is 0 Å². The average molecular weight is 854 g/mol. The number of hydrogen-bond donors (Lipinski definition) is 0. The molecule has 0 N–H and O–H groups in total. The van der Waals surface area contributed by atoms with Crippen molar-refractivity contribution in [3.63, 3.8) is 0 Å². The molecule has 0 amide bonds. The van der Waals surface area contributed by atoms with Crippen LogP contribution in [0.1, 0.15) is 0 Å². The summed E-state index contributed by atoms with van der Waals surface area (Å²) < 4.78 is 1.89. The third kappa shape index (κ3) is 9.49. The molecule has 0 aromatic heterocycles. The molecule has 3 nitrogen and oxygen atoms in total. The van der Waals surface area contributed by atoms with Crippen molar-refractivity contribution in [2.24, 2.45) is 5.92 Å². The van der Waals surface area contributed by atoms with Gasteiger partial charge in [0.25, 0.3) is 0 Å². The summed E-state index contributed by atoms with van der Waals surface area (Å²) in [5, 5.41) is 0. The molecule has 0 aliphatic heterocycles. The molecule has 0 bridgehead atoms. The van der Waals surface area contributed by atoms with Gasteiger partial charge in [-0.3, -0.25) is 9.59 Å². The standard InChI is InChI=1S/C7H3Br9O3/c8-5(9,10)3(17)2(1-19-7(14,15)16)4(18)6(11,12)13/h2H,1H2. The summed E-state index contributed by atoms with van der Waals surface area (Å²) in [6.45, 7) is -0.158. The van der Waals surface area contributed by atoms with Crippen LogP contribution in [-0.4, -0.2) is 24.8 Å². The van der Waals surface area contributed by atoms with Gasteiger partial charge in [-0.1, -0.05) is 95.6 Å². The molecule has 0 saturated carbocycles. The predicted octanol–water partition coefficient (Wildman–Crippen LogP) is 6.23. The van der Waals surface area contributed by atoms with Crippen LogP contribution >= 0.6 is 143 Å². The van der Waals surface area contributed by atoms with Crippen LogP contribution in [0.15, 0.2) is 0 Å². The van der Waals surface area contributed by atoms with Gasteiger partial charge in [0, 0.05) is 0 Å². The zero-order valence-corrected chi connectivity index (χ0v) is 22.7. The van der Waals surface area contributed by atoms with Crippen LogP contribution in [0.25, 0.3) is 0 Å². The Bertz CT molecular complexity index is 324. The third-order valence-corrected chi connectivity index (χ3v) is 4.64. The second-order valence-electron chi connectivity index (χ2n) is 3.03. The van der Waals surface area contributed by atoms with E-state index in [2.05, 4.69) is 143 Å². The van der Waals surface area contributed by atoms with Crippen molar-refractivity contribution in [3.8, 4) is 0 Å². The Kier molecular flexibility index (Phi) is 10.3. The summed E-state index contributed by atoms with van der Waals surface area (Å²) in [4.78, 5) is 24.4. The molecule has 0 heterocycles. The van der Waals surface area contributed by atoms with E-state index in [0.29, 0.717) is 0 Å². The fourth-order valence-corrected chi connectivity index (χ4v) is 2.90. The van der Waals surface area contributed by atoms with Gasteiger partial charge in [-0.05, 0) is 47.8 Å². The zero-order valence-electron chi connectivity index (χ0n) is 8.41. The Balaban J connectivity index is 5.17. The summed E-state index contributed by atoms with van der Waals surface area (Å²) >= 11 is 27.9. The quantitative estimate of drug-likeness (QED) is 0.249. The Morgan fingerprint density at radius 2 is 1.11 bits per heavy atom. The SMILES string of the molecule is O=C(C(COC(Br)(Br)Br)C(=O)C(Br)(Br)Br)C(Br)(Br)Br. The fourth-order valence-electron chi connectivity index (χ4n) is 0.843. The van der Waals surface area contributed by atoms with Crippen molar-refractivity contribution in [2.45, 2.75) is 6.61 Å². The summed E-state index contributed by atoms with van der Waals surface area (Å²) in [6.07, 6.45) is 0. The lowest BCUT2D eigenvalue weighted by Crippen LogP contribution is -2.41. The van der Waals surface area contributed by atoms with Crippen LogP contribution in [0.2, 0.25) is 0 Å². The highest BCUT2D eigenvalue weighted by Crippen LogP contribution is 2.43. The highest BCUT2D eigenvalue weighted by Gasteiger charge is 2.45. The maximum absolute atomic E-state index is 12.2. The summed E-state index contributed by atoms with van der Waals surface area (Å²) in [6, 6.07) is 0. The number of carbonyl (C=O) groups is 2. The van der Waals surface area contributed by atoms with E-state index in [4.69, 9.17) is 4.74 Å². The van der Waals surface area contributed by atoms with E-state index in [1.807, 2.05) is 0 Å². The van der Waals surface area contributed by atoms with E-state index in [9.17, 15) is 9.59 Å². The van der Waals surface area contributed by atoms with Crippen molar-refractivity contribution in [3.05, 3.63) is 0 Å². The molecule has 12 heteroatoms. The number of ketones is 2. The molecular weight excluding hydrogens is 851 g/mol.